The van der Waals surface area contributed by atoms with Gasteiger partial charge in [-0.15, -0.1) is 0 Å². The number of aryl methyl sites for hydroxylation is 2. The van der Waals surface area contributed by atoms with E-state index in [1.807, 2.05) is 6.92 Å². The van der Waals surface area contributed by atoms with Gasteiger partial charge in [0, 0.05) is 13.6 Å². The number of anilines is 1. The van der Waals surface area contributed by atoms with E-state index < -0.39 is 0 Å². The number of amides is 1. The van der Waals surface area contributed by atoms with Gasteiger partial charge in [-0.2, -0.15) is 5.10 Å². The standard InChI is InChI=1S/C12H20N4O3/c1-3-9-10(13)11(16(2)15-9)12(17)14-6-8-7-18-4-5-19-8/h8H,3-7,13H2,1-2H3,(H,14,17). The number of hydrogen-bond donors (Lipinski definition) is 2. The van der Waals surface area contributed by atoms with Crippen molar-refractivity contribution in [2.45, 2.75) is 19.4 Å². The third-order valence-corrected chi connectivity index (χ3v) is 3.09. The average Bonchev–Trinajstić information content (AvgIpc) is 2.72. The van der Waals surface area contributed by atoms with E-state index in [2.05, 4.69) is 10.4 Å². The van der Waals surface area contributed by atoms with Crippen molar-refractivity contribution in [3.05, 3.63) is 11.4 Å². The van der Waals surface area contributed by atoms with Crippen molar-refractivity contribution in [3.63, 3.8) is 0 Å². The minimum atomic E-state index is -0.235. The molecule has 0 aliphatic carbocycles. The second kappa shape index (κ2) is 6.03. The van der Waals surface area contributed by atoms with E-state index in [0.717, 1.165) is 5.69 Å². The number of aromatic nitrogens is 2. The van der Waals surface area contributed by atoms with E-state index >= 15 is 0 Å². The molecule has 1 aromatic rings. The lowest BCUT2D eigenvalue weighted by Gasteiger charge is -2.23. The molecule has 1 atom stereocenters. The molecule has 1 unspecified atom stereocenters. The smallest absolute Gasteiger partial charge is 0.271 e. The first kappa shape index (κ1) is 13.8. The van der Waals surface area contributed by atoms with Crippen LogP contribution in [0.5, 0.6) is 0 Å². The molecule has 19 heavy (non-hydrogen) atoms. The highest BCUT2D eigenvalue weighted by atomic mass is 16.6. The van der Waals surface area contributed by atoms with Crippen molar-refractivity contribution in [1.29, 1.82) is 0 Å². The van der Waals surface area contributed by atoms with Crippen LogP contribution in [0.25, 0.3) is 0 Å². The number of hydrogen-bond acceptors (Lipinski definition) is 5. The Morgan fingerprint density at radius 1 is 1.58 bits per heavy atom. The molecule has 0 aromatic carbocycles. The van der Waals surface area contributed by atoms with Crippen LogP contribution in [0.1, 0.15) is 23.1 Å². The van der Waals surface area contributed by atoms with Gasteiger partial charge in [0.15, 0.2) is 0 Å². The molecule has 0 spiro atoms. The summed E-state index contributed by atoms with van der Waals surface area (Å²) in [7, 11) is 1.71. The zero-order valence-electron chi connectivity index (χ0n) is 11.3. The zero-order valence-corrected chi connectivity index (χ0v) is 11.3. The number of nitrogen functional groups attached to an aromatic ring is 1. The molecule has 1 aliphatic rings. The molecule has 1 aliphatic heterocycles. The number of nitrogens with zero attached hydrogens (tertiary/aromatic N) is 2. The third kappa shape index (κ3) is 3.05. The molecule has 2 rings (SSSR count). The molecule has 0 radical (unpaired) electrons. The summed E-state index contributed by atoms with van der Waals surface area (Å²) in [5, 5.41) is 7.02. The Hall–Kier alpha value is -1.60. The van der Waals surface area contributed by atoms with Crippen LogP contribution in [0, 0.1) is 0 Å². The van der Waals surface area contributed by atoms with Crippen LogP contribution in [0.4, 0.5) is 5.69 Å². The van der Waals surface area contributed by atoms with Gasteiger partial charge in [0.25, 0.3) is 5.91 Å². The SMILES string of the molecule is CCc1nn(C)c(C(=O)NCC2COCCO2)c1N. The normalized spacial score (nSPS) is 19.4. The molecule has 0 saturated carbocycles. The first-order valence-electron chi connectivity index (χ1n) is 6.42. The number of ether oxygens (including phenoxy) is 2. The first-order chi connectivity index (χ1) is 9.13. The first-order valence-corrected chi connectivity index (χ1v) is 6.42. The highest BCUT2D eigenvalue weighted by Gasteiger charge is 2.21. The van der Waals surface area contributed by atoms with E-state index in [1.165, 1.54) is 4.68 Å². The van der Waals surface area contributed by atoms with Gasteiger partial charge < -0.3 is 20.5 Å². The van der Waals surface area contributed by atoms with Gasteiger partial charge in [0.2, 0.25) is 0 Å². The molecule has 106 valence electrons. The fourth-order valence-electron chi connectivity index (χ4n) is 2.07. The van der Waals surface area contributed by atoms with Crippen molar-refractivity contribution in [2.75, 3.05) is 32.1 Å². The van der Waals surface area contributed by atoms with Crippen molar-refractivity contribution < 1.29 is 14.3 Å². The Morgan fingerprint density at radius 3 is 2.95 bits per heavy atom. The lowest BCUT2D eigenvalue weighted by atomic mass is 10.2. The second-order valence-corrected chi connectivity index (χ2v) is 4.46. The highest BCUT2D eigenvalue weighted by Crippen LogP contribution is 2.16. The molecule has 2 heterocycles. The molecule has 7 heteroatoms. The Kier molecular flexibility index (Phi) is 4.39. The van der Waals surface area contributed by atoms with Crippen LogP contribution in [0.3, 0.4) is 0 Å². The van der Waals surface area contributed by atoms with Crippen LogP contribution in [0.15, 0.2) is 0 Å². The summed E-state index contributed by atoms with van der Waals surface area (Å²) in [5.41, 5.74) is 7.51. The van der Waals surface area contributed by atoms with Crippen molar-refractivity contribution in [1.82, 2.24) is 15.1 Å². The van der Waals surface area contributed by atoms with Gasteiger partial charge in [-0.1, -0.05) is 6.92 Å². The maximum atomic E-state index is 12.1. The molecule has 7 nitrogen and oxygen atoms in total. The molecule has 3 N–H and O–H groups in total. The molecular formula is C12H20N4O3. The molecule has 1 amide bonds. The highest BCUT2D eigenvalue weighted by molar-refractivity contribution is 5.97. The number of nitrogens with one attached hydrogen (secondary N) is 1. The second-order valence-electron chi connectivity index (χ2n) is 4.46. The van der Waals surface area contributed by atoms with Gasteiger partial charge in [-0.05, 0) is 6.42 Å². The van der Waals surface area contributed by atoms with E-state index in [0.29, 0.717) is 44.2 Å². The fourth-order valence-corrected chi connectivity index (χ4v) is 2.07. The van der Waals surface area contributed by atoms with E-state index in [-0.39, 0.29) is 12.0 Å². The Labute approximate surface area is 112 Å². The Bertz CT molecular complexity index is 452. The van der Waals surface area contributed by atoms with E-state index in [4.69, 9.17) is 15.2 Å². The van der Waals surface area contributed by atoms with Crippen LogP contribution in [-0.4, -0.2) is 48.2 Å². The largest absolute Gasteiger partial charge is 0.395 e. The molecule has 1 fully saturated rings. The average molecular weight is 268 g/mol. The van der Waals surface area contributed by atoms with Crippen LogP contribution in [0.2, 0.25) is 0 Å². The van der Waals surface area contributed by atoms with Crippen molar-refractivity contribution in [2.24, 2.45) is 7.05 Å². The van der Waals surface area contributed by atoms with Gasteiger partial charge in [0.05, 0.1) is 37.3 Å². The lowest BCUT2D eigenvalue weighted by molar-refractivity contribution is -0.0855. The van der Waals surface area contributed by atoms with E-state index in [1.54, 1.807) is 7.05 Å². The van der Waals surface area contributed by atoms with Gasteiger partial charge in [-0.3, -0.25) is 9.48 Å². The summed E-state index contributed by atoms with van der Waals surface area (Å²) in [6.45, 7) is 4.03. The lowest BCUT2D eigenvalue weighted by Crippen LogP contribution is -2.40. The minimum absolute atomic E-state index is 0.0993. The molecular weight excluding hydrogens is 248 g/mol. The monoisotopic (exact) mass is 268 g/mol. The summed E-state index contributed by atoms with van der Waals surface area (Å²) >= 11 is 0. The Balaban J connectivity index is 1.97. The quantitative estimate of drug-likeness (QED) is 0.783. The van der Waals surface area contributed by atoms with Crippen LogP contribution in [-0.2, 0) is 22.9 Å². The summed E-state index contributed by atoms with van der Waals surface area (Å²) in [6, 6.07) is 0. The summed E-state index contributed by atoms with van der Waals surface area (Å²) < 4.78 is 12.2. The topological polar surface area (TPSA) is 91.4 Å². The maximum Gasteiger partial charge on any atom is 0.271 e. The fraction of sp³-hybridized carbons (Fsp3) is 0.667. The molecule has 0 bridgehead atoms. The summed E-state index contributed by atoms with van der Waals surface area (Å²) in [5.74, 6) is -0.235. The van der Waals surface area contributed by atoms with Crippen molar-refractivity contribution >= 4 is 11.6 Å². The number of carbonyl (C=O) groups excluding carboxylic acids is 1. The zero-order chi connectivity index (χ0) is 13.8. The van der Waals surface area contributed by atoms with Gasteiger partial charge in [0.1, 0.15) is 5.69 Å². The summed E-state index contributed by atoms with van der Waals surface area (Å²) in [6.07, 6.45) is 0.602. The Morgan fingerprint density at radius 2 is 2.37 bits per heavy atom. The molecule has 1 aromatic heterocycles. The summed E-state index contributed by atoms with van der Waals surface area (Å²) in [4.78, 5) is 12.1. The van der Waals surface area contributed by atoms with Crippen molar-refractivity contribution in [3.8, 4) is 0 Å². The van der Waals surface area contributed by atoms with Gasteiger partial charge in [-0.25, -0.2) is 0 Å². The number of rotatable bonds is 4. The van der Waals surface area contributed by atoms with Crippen LogP contribution >= 0.6 is 0 Å². The van der Waals surface area contributed by atoms with Crippen LogP contribution < -0.4 is 11.1 Å². The minimum Gasteiger partial charge on any atom is -0.395 e. The predicted octanol–water partition coefficient (Wildman–Crippen LogP) is -0.290. The maximum absolute atomic E-state index is 12.1. The van der Waals surface area contributed by atoms with Gasteiger partial charge >= 0.3 is 0 Å². The third-order valence-electron chi connectivity index (χ3n) is 3.09. The van der Waals surface area contributed by atoms with E-state index in [9.17, 15) is 4.79 Å². The number of nitrogens with two attached hydrogens (primary N) is 1. The predicted molar refractivity (Wildman–Crippen MR) is 69.9 cm³/mol. The number of carbonyl (C=O) groups is 1. The molecule has 1 saturated heterocycles.